The maximum atomic E-state index is 13.3. The number of hydrogen-bond acceptors (Lipinski definition) is 3. The van der Waals surface area contributed by atoms with Crippen molar-refractivity contribution in [2.75, 3.05) is 13.1 Å². The van der Waals surface area contributed by atoms with Crippen LogP contribution in [0.4, 0.5) is 0 Å². The normalized spacial score (nSPS) is 19.1. The highest BCUT2D eigenvalue weighted by molar-refractivity contribution is 6.07. The van der Waals surface area contributed by atoms with Gasteiger partial charge in [-0.25, -0.2) is 0 Å². The van der Waals surface area contributed by atoms with E-state index in [2.05, 4.69) is 23.2 Å². The molecule has 4 nitrogen and oxygen atoms in total. The molecule has 138 valence electrons. The Balaban J connectivity index is 1.73. The molecule has 0 spiro atoms. The van der Waals surface area contributed by atoms with Crippen molar-refractivity contribution < 1.29 is 4.79 Å². The molecule has 1 fully saturated rings. The average Bonchev–Trinajstić information content (AvgIpc) is 2.94. The second-order valence-electron chi connectivity index (χ2n) is 7.71. The Bertz CT molecular complexity index is 793. The van der Waals surface area contributed by atoms with E-state index in [0.717, 1.165) is 66.6 Å². The molecule has 4 rings (SSSR count). The van der Waals surface area contributed by atoms with Gasteiger partial charge in [-0.1, -0.05) is 50.8 Å². The minimum atomic E-state index is 0.102. The van der Waals surface area contributed by atoms with Crippen molar-refractivity contribution in [2.24, 2.45) is 0 Å². The number of nitrogens with zero attached hydrogens (tertiary/aromatic N) is 2. The molecule has 2 heterocycles. The summed E-state index contributed by atoms with van der Waals surface area (Å²) in [7, 11) is 0. The van der Waals surface area contributed by atoms with E-state index in [1.165, 1.54) is 25.7 Å². The minimum Gasteiger partial charge on any atom is -0.349 e. The first-order valence-corrected chi connectivity index (χ1v) is 10.2. The molecule has 0 radical (unpaired) electrons. The predicted octanol–water partition coefficient (Wildman–Crippen LogP) is 4.07. The third-order valence-corrected chi connectivity index (χ3v) is 5.99. The number of carbonyl (C=O) groups excluding carboxylic acids is 1. The zero-order chi connectivity index (χ0) is 17.9. The first kappa shape index (κ1) is 17.5. The molecule has 0 atom stereocenters. The van der Waals surface area contributed by atoms with E-state index >= 15 is 0 Å². The fourth-order valence-electron chi connectivity index (χ4n) is 4.46. The SMILES string of the molecule is CCN1CCc2nc3ccccc3c(C(=O)NC3CCCCCC3)c2C1. The molecule has 1 aliphatic carbocycles. The molecule has 0 bridgehead atoms. The van der Waals surface area contributed by atoms with E-state index < -0.39 is 0 Å². The maximum Gasteiger partial charge on any atom is 0.252 e. The number of nitrogens with one attached hydrogen (secondary N) is 1. The van der Waals surface area contributed by atoms with Crippen LogP contribution >= 0.6 is 0 Å². The van der Waals surface area contributed by atoms with Crippen molar-refractivity contribution in [3.05, 3.63) is 41.1 Å². The summed E-state index contributed by atoms with van der Waals surface area (Å²) in [5.41, 5.74) is 4.07. The van der Waals surface area contributed by atoms with Crippen LogP contribution < -0.4 is 5.32 Å². The molecule has 26 heavy (non-hydrogen) atoms. The van der Waals surface area contributed by atoms with E-state index in [1.54, 1.807) is 0 Å². The van der Waals surface area contributed by atoms with Crippen molar-refractivity contribution in [1.29, 1.82) is 0 Å². The largest absolute Gasteiger partial charge is 0.349 e. The molecule has 1 amide bonds. The van der Waals surface area contributed by atoms with Crippen LogP contribution in [0.15, 0.2) is 24.3 Å². The van der Waals surface area contributed by atoms with Crippen molar-refractivity contribution in [1.82, 2.24) is 15.2 Å². The van der Waals surface area contributed by atoms with E-state index in [4.69, 9.17) is 4.98 Å². The molecular formula is C22H29N3O. The summed E-state index contributed by atoms with van der Waals surface area (Å²) >= 11 is 0. The molecule has 1 aromatic carbocycles. The molecule has 0 saturated heterocycles. The van der Waals surface area contributed by atoms with Gasteiger partial charge in [0, 0.05) is 42.2 Å². The van der Waals surface area contributed by atoms with E-state index in [-0.39, 0.29) is 5.91 Å². The number of para-hydroxylation sites is 1. The van der Waals surface area contributed by atoms with Crippen LogP contribution in [0.1, 0.15) is 67.1 Å². The lowest BCUT2D eigenvalue weighted by Crippen LogP contribution is -2.37. The lowest BCUT2D eigenvalue weighted by molar-refractivity contribution is 0.0932. The number of rotatable bonds is 3. The Morgan fingerprint density at radius 2 is 1.96 bits per heavy atom. The highest BCUT2D eigenvalue weighted by Crippen LogP contribution is 2.28. The van der Waals surface area contributed by atoms with E-state index in [0.29, 0.717) is 6.04 Å². The van der Waals surface area contributed by atoms with Gasteiger partial charge in [0.25, 0.3) is 5.91 Å². The lowest BCUT2D eigenvalue weighted by atomic mass is 9.94. The molecule has 4 heteroatoms. The number of pyridine rings is 1. The van der Waals surface area contributed by atoms with E-state index in [1.807, 2.05) is 18.2 Å². The first-order chi connectivity index (χ1) is 12.8. The number of aromatic nitrogens is 1. The van der Waals surface area contributed by atoms with Gasteiger partial charge in [-0.2, -0.15) is 0 Å². The second kappa shape index (κ2) is 7.75. The van der Waals surface area contributed by atoms with Gasteiger partial charge in [0.15, 0.2) is 0 Å². The Morgan fingerprint density at radius 3 is 2.73 bits per heavy atom. The summed E-state index contributed by atoms with van der Waals surface area (Å²) < 4.78 is 0. The van der Waals surface area contributed by atoms with Gasteiger partial charge in [0.05, 0.1) is 11.1 Å². The number of likely N-dealkylation sites (N-methyl/N-ethyl adjacent to an activating group) is 1. The number of benzene rings is 1. The topological polar surface area (TPSA) is 45.2 Å². The summed E-state index contributed by atoms with van der Waals surface area (Å²) in [4.78, 5) is 20.6. The van der Waals surface area contributed by atoms with Gasteiger partial charge in [-0.15, -0.1) is 0 Å². The fraction of sp³-hybridized carbons (Fsp3) is 0.545. The van der Waals surface area contributed by atoms with Crippen LogP contribution in [-0.2, 0) is 13.0 Å². The number of carbonyl (C=O) groups is 1. The van der Waals surface area contributed by atoms with Crippen molar-refractivity contribution in [2.45, 2.75) is 64.5 Å². The molecule has 2 aliphatic rings. The summed E-state index contributed by atoms with van der Waals surface area (Å²) in [6, 6.07) is 8.42. The summed E-state index contributed by atoms with van der Waals surface area (Å²) in [5, 5.41) is 4.36. The molecule has 0 unspecified atom stereocenters. The lowest BCUT2D eigenvalue weighted by Gasteiger charge is -2.29. The molecule has 2 aromatic rings. The Kier molecular flexibility index (Phi) is 5.21. The van der Waals surface area contributed by atoms with Crippen molar-refractivity contribution in [3.8, 4) is 0 Å². The zero-order valence-electron chi connectivity index (χ0n) is 15.8. The van der Waals surface area contributed by atoms with Gasteiger partial charge in [0.1, 0.15) is 0 Å². The third kappa shape index (κ3) is 3.48. The van der Waals surface area contributed by atoms with Crippen molar-refractivity contribution >= 4 is 16.8 Å². The first-order valence-electron chi connectivity index (χ1n) is 10.2. The minimum absolute atomic E-state index is 0.102. The van der Waals surface area contributed by atoms with Crippen LogP contribution in [0.5, 0.6) is 0 Å². The van der Waals surface area contributed by atoms with Crippen LogP contribution in [-0.4, -0.2) is 34.9 Å². The molecule has 1 aliphatic heterocycles. The standard InChI is InChI=1S/C22H29N3O/c1-2-25-14-13-20-18(15-25)21(17-11-7-8-12-19(17)24-20)22(26)23-16-9-5-3-4-6-10-16/h7-8,11-12,16H,2-6,9-10,13-15H2,1H3,(H,23,26). The highest BCUT2D eigenvalue weighted by Gasteiger charge is 2.26. The fourth-order valence-corrected chi connectivity index (χ4v) is 4.46. The number of hydrogen-bond donors (Lipinski definition) is 1. The van der Waals surface area contributed by atoms with Gasteiger partial charge in [-0.05, 0) is 25.5 Å². The van der Waals surface area contributed by atoms with E-state index in [9.17, 15) is 4.79 Å². The van der Waals surface area contributed by atoms with Gasteiger partial charge in [0.2, 0.25) is 0 Å². The van der Waals surface area contributed by atoms with Gasteiger partial charge < -0.3 is 5.32 Å². The maximum absolute atomic E-state index is 13.3. The van der Waals surface area contributed by atoms with Crippen LogP contribution in [0, 0.1) is 0 Å². The smallest absolute Gasteiger partial charge is 0.252 e. The average molecular weight is 351 g/mol. The molecular weight excluding hydrogens is 322 g/mol. The third-order valence-electron chi connectivity index (χ3n) is 5.99. The highest BCUT2D eigenvalue weighted by atomic mass is 16.1. The van der Waals surface area contributed by atoms with Gasteiger partial charge >= 0.3 is 0 Å². The predicted molar refractivity (Wildman–Crippen MR) is 105 cm³/mol. The molecule has 1 saturated carbocycles. The van der Waals surface area contributed by atoms with Crippen LogP contribution in [0.3, 0.4) is 0 Å². The summed E-state index contributed by atoms with van der Waals surface area (Å²) in [6.07, 6.45) is 8.19. The van der Waals surface area contributed by atoms with Crippen LogP contribution in [0.2, 0.25) is 0 Å². The van der Waals surface area contributed by atoms with Gasteiger partial charge in [-0.3, -0.25) is 14.7 Å². The number of fused-ring (bicyclic) bond motifs is 2. The zero-order valence-corrected chi connectivity index (χ0v) is 15.8. The second-order valence-corrected chi connectivity index (χ2v) is 7.71. The van der Waals surface area contributed by atoms with Crippen molar-refractivity contribution in [3.63, 3.8) is 0 Å². The number of amides is 1. The quantitative estimate of drug-likeness (QED) is 0.848. The Hall–Kier alpha value is -1.94. The summed E-state index contributed by atoms with van der Waals surface area (Å²) in [6.45, 7) is 5.05. The Morgan fingerprint density at radius 1 is 1.19 bits per heavy atom. The molecule has 1 aromatic heterocycles. The van der Waals surface area contributed by atoms with Crippen LogP contribution in [0.25, 0.3) is 10.9 Å². The molecule has 1 N–H and O–H groups in total. The Labute approximate surface area is 156 Å². The monoisotopic (exact) mass is 351 g/mol. The summed E-state index contributed by atoms with van der Waals surface area (Å²) in [5.74, 6) is 0.102.